The van der Waals surface area contributed by atoms with E-state index in [0.717, 1.165) is 5.56 Å². The van der Waals surface area contributed by atoms with Gasteiger partial charge in [-0.3, -0.25) is 0 Å². The van der Waals surface area contributed by atoms with Gasteiger partial charge in [-0.2, -0.15) is 0 Å². The molecule has 1 nitrogen and oxygen atoms in total. The number of rotatable bonds is 1. The van der Waals surface area contributed by atoms with Crippen molar-refractivity contribution in [3.05, 3.63) is 34.9 Å². The van der Waals surface area contributed by atoms with Crippen LogP contribution in [0.1, 0.15) is 5.56 Å². The number of halogens is 1. The van der Waals surface area contributed by atoms with Crippen LogP contribution in [0.25, 0.3) is 0 Å². The molecule has 0 saturated heterocycles. The molecular weight excluding hydrogens is 144 g/mol. The SMILES string of the molecule is [B]/N=C/c1ccccc1Cl. The Hall–Kier alpha value is -0.755. The largest absolute Gasteiger partial charge is 0.363 e. The molecule has 0 aliphatic carbocycles. The van der Waals surface area contributed by atoms with E-state index in [-0.39, 0.29) is 0 Å². The Morgan fingerprint density at radius 3 is 2.70 bits per heavy atom. The third-order valence-corrected chi connectivity index (χ3v) is 1.46. The highest BCUT2D eigenvalue weighted by Crippen LogP contribution is 2.11. The highest BCUT2D eigenvalue weighted by atomic mass is 35.5. The Labute approximate surface area is 66.2 Å². The van der Waals surface area contributed by atoms with Crippen LogP contribution < -0.4 is 0 Å². The van der Waals surface area contributed by atoms with Crippen LogP contribution in [0, 0.1) is 0 Å². The maximum atomic E-state index is 5.76. The molecule has 0 fully saturated rings. The van der Waals surface area contributed by atoms with Gasteiger partial charge in [-0.1, -0.05) is 29.8 Å². The quantitative estimate of drug-likeness (QED) is 0.427. The van der Waals surface area contributed by atoms with Crippen molar-refractivity contribution in [1.29, 1.82) is 0 Å². The van der Waals surface area contributed by atoms with Gasteiger partial charge in [0.25, 0.3) is 7.98 Å². The van der Waals surface area contributed by atoms with Crippen molar-refractivity contribution in [3.63, 3.8) is 0 Å². The first kappa shape index (κ1) is 7.35. The van der Waals surface area contributed by atoms with Gasteiger partial charge >= 0.3 is 0 Å². The predicted molar refractivity (Wildman–Crippen MR) is 44.8 cm³/mol. The average molecular weight is 149 g/mol. The molecule has 0 heterocycles. The van der Waals surface area contributed by atoms with Gasteiger partial charge in [-0.25, -0.2) is 0 Å². The molecule has 0 spiro atoms. The van der Waals surface area contributed by atoms with Crippen LogP contribution in [0.5, 0.6) is 0 Å². The third kappa shape index (κ3) is 1.61. The Bertz CT molecular complexity index is 247. The highest BCUT2D eigenvalue weighted by Gasteiger charge is 1.91. The van der Waals surface area contributed by atoms with Gasteiger partial charge in [0.1, 0.15) is 0 Å². The molecule has 10 heavy (non-hydrogen) atoms. The summed E-state index contributed by atoms with van der Waals surface area (Å²) >= 11 is 5.76. The topological polar surface area (TPSA) is 12.4 Å². The molecule has 1 aromatic carbocycles. The first-order valence-electron chi connectivity index (χ1n) is 2.82. The smallest absolute Gasteiger partial charge is 0.259 e. The maximum absolute atomic E-state index is 5.76. The molecule has 48 valence electrons. The Balaban J connectivity index is 3.03. The number of hydrogen-bond donors (Lipinski definition) is 0. The molecule has 0 aromatic heterocycles. The van der Waals surface area contributed by atoms with Gasteiger partial charge in [-0.15, -0.1) is 0 Å². The first-order chi connectivity index (χ1) is 4.84. The summed E-state index contributed by atoms with van der Waals surface area (Å²) < 4.78 is 0. The van der Waals surface area contributed by atoms with Crippen molar-refractivity contribution in [2.24, 2.45) is 4.90 Å². The molecular formula is C7H5BClN. The third-order valence-electron chi connectivity index (χ3n) is 1.12. The zero-order chi connectivity index (χ0) is 7.40. The summed E-state index contributed by atoms with van der Waals surface area (Å²) in [5, 5.41) is 0.664. The summed E-state index contributed by atoms with van der Waals surface area (Å²) in [5.74, 6) is 0. The summed E-state index contributed by atoms with van der Waals surface area (Å²) in [7, 11) is 4.94. The van der Waals surface area contributed by atoms with Crippen LogP contribution in [0.2, 0.25) is 5.02 Å². The summed E-state index contributed by atoms with van der Waals surface area (Å²) in [5.41, 5.74) is 0.840. The lowest BCUT2D eigenvalue weighted by atomic mass is 10.2. The van der Waals surface area contributed by atoms with Gasteiger partial charge in [0, 0.05) is 16.8 Å². The molecule has 0 aliphatic rings. The van der Waals surface area contributed by atoms with E-state index in [4.69, 9.17) is 19.6 Å². The summed E-state index contributed by atoms with van der Waals surface area (Å²) in [6.45, 7) is 0. The van der Waals surface area contributed by atoms with Gasteiger partial charge < -0.3 is 4.90 Å². The molecule has 1 rings (SSSR count). The summed E-state index contributed by atoms with van der Waals surface area (Å²) in [4.78, 5) is 3.36. The molecule has 0 unspecified atom stereocenters. The summed E-state index contributed by atoms with van der Waals surface area (Å²) in [6.07, 6.45) is 1.52. The van der Waals surface area contributed by atoms with E-state index in [1.807, 2.05) is 18.2 Å². The van der Waals surface area contributed by atoms with Crippen molar-refractivity contribution in [2.45, 2.75) is 0 Å². The molecule has 0 amide bonds. The normalized spacial score (nSPS) is 10.5. The van der Waals surface area contributed by atoms with E-state index in [1.54, 1.807) is 6.07 Å². The Morgan fingerprint density at radius 1 is 1.40 bits per heavy atom. The van der Waals surface area contributed by atoms with Crippen LogP contribution in [0.15, 0.2) is 29.2 Å². The minimum absolute atomic E-state index is 0.664. The monoisotopic (exact) mass is 149 g/mol. The molecule has 2 radical (unpaired) electrons. The van der Waals surface area contributed by atoms with Crippen molar-refractivity contribution in [1.82, 2.24) is 0 Å². The average Bonchev–Trinajstić information content (AvgIpc) is 1.94. The van der Waals surface area contributed by atoms with Crippen LogP contribution in [-0.4, -0.2) is 14.2 Å². The molecule has 0 aliphatic heterocycles. The van der Waals surface area contributed by atoms with Crippen LogP contribution in [0.3, 0.4) is 0 Å². The van der Waals surface area contributed by atoms with E-state index in [2.05, 4.69) is 4.90 Å². The van der Waals surface area contributed by atoms with Gasteiger partial charge in [0.2, 0.25) is 0 Å². The van der Waals surface area contributed by atoms with E-state index >= 15 is 0 Å². The van der Waals surface area contributed by atoms with E-state index in [1.165, 1.54) is 6.21 Å². The lowest BCUT2D eigenvalue weighted by Crippen LogP contribution is -1.80. The lowest BCUT2D eigenvalue weighted by Gasteiger charge is -1.93. The van der Waals surface area contributed by atoms with E-state index in [0.29, 0.717) is 5.02 Å². The minimum atomic E-state index is 0.664. The Kier molecular flexibility index (Phi) is 2.52. The van der Waals surface area contributed by atoms with E-state index in [9.17, 15) is 0 Å². The molecule has 0 atom stereocenters. The first-order valence-corrected chi connectivity index (χ1v) is 3.20. The zero-order valence-corrected chi connectivity index (χ0v) is 6.05. The standard InChI is InChI=1S/C7H5BClN/c8-10-5-6-3-1-2-4-7(6)9/h1-5H/b10-5+. The van der Waals surface area contributed by atoms with Crippen molar-refractivity contribution < 1.29 is 0 Å². The number of benzene rings is 1. The fourth-order valence-corrected chi connectivity index (χ4v) is 0.845. The molecule has 0 saturated carbocycles. The van der Waals surface area contributed by atoms with Crippen LogP contribution in [0.4, 0.5) is 0 Å². The van der Waals surface area contributed by atoms with Crippen molar-refractivity contribution >= 4 is 25.8 Å². The Morgan fingerprint density at radius 2 is 2.10 bits per heavy atom. The number of nitrogens with zero attached hydrogens (tertiary/aromatic N) is 1. The molecule has 1 aromatic rings. The lowest BCUT2D eigenvalue weighted by molar-refractivity contribution is 1.66. The second kappa shape index (κ2) is 3.42. The number of hydrogen-bond acceptors (Lipinski definition) is 1. The molecule has 0 N–H and O–H groups in total. The molecule has 3 heteroatoms. The summed E-state index contributed by atoms with van der Waals surface area (Å²) in [6, 6.07) is 7.37. The van der Waals surface area contributed by atoms with E-state index < -0.39 is 0 Å². The van der Waals surface area contributed by atoms with Crippen molar-refractivity contribution in [3.8, 4) is 0 Å². The fraction of sp³-hybridized carbons (Fsp3) is 0. The van der Waals surface area contributed by atoms with Crippen LogP contribution >= 0.6 is 11.6 Å². The highest BCUT2D eigenvalue weighted by molar-refractivity contribution is 6.33. The van der Waals surface area contributed by atoms with Crippen LogP contribution in [-0.2, 0) is 0 Å². The predicted octanol–water partition coefficient (Wildman–Crippen LogP) is 1.84. The minimum Gasteiger partial charge on any atom is -0.363 e. The fourth-order valence-electron chi connectivity index (χ4n) is 0.660. The molecule has 0 bridgehead atoms. The second-order valence-corrected chi connectivity index (χ2v) is 2.21. The maximum Gasteiger partial charge on any atom is 0.259 e. The van der Waals surface area contributed by atoms with Crippen molar-refractivity contribution in [2.75, 3.05) is 0 Å². The van der Waals surface area contributed by atoms with Gasteiger partial charge in [-0.05, 0) is 6.07 Å². The zero-order valence-electron chi connectivity index (χ0n) is 5.29. The van der Waals surface area contributed by atoms with Gasteiger partial charge in [0.15, 0.2) is 0 Å². The second-order valence-electron chi connectivity index (χ2n) is 1.80. The van der Waals surface area contributed by atoms with Gasteiger partial charge in [0.05, 0.1) is 0 Å².